The molecule has 1 aliphatic heterocycles. The van der Waals surface area contributed by atoms with E-state index in [1.807, 2.05) is 41.3 Å². The monoisotopic (exact) mass is 353 g/mol. The number of unbranched alkanes of at least 4 members (excludes halogenated alkanes) is 1. The molecule has 0 bridgehead atoms. The van der Waals surface area contributed by atoms with E-state index < -0.39 is 0 Å². The number of amides is 1. The van der Waals surface area contributed by atoms with E-state index in [9.17, 15) is 4.79 Å². The summed E-state index contributed by atoms with van der Waals surface area (Å²) in [4.78, 5) is 14.7. The Hall–Kier alpha value is -2.49. The number of methoxy groups -OCH3 is 1. The Morgan fingerprint density at radius 3 is 2.42 bits per heavy atom. The second-order valence-electron chi connectivity index (χ2n) is 6.74. The lowest BCUT2D eigenvalue weighted by Crippen LogP contribution is -2.28. The smallest absolute Gasteiger partial charge is 0.253 e. The minimum absolute atomic E-state index is 0.0983. The summed E-state index contributed by atoms with van der Waals surface area (Å²) in [5, 5.41) is 0. The molecule has 138 valence electrons. The first-order valence-electron chi connectivity index (χ1n) is 9.37. The number of benzene rings is 2. The first kappa shape index (κ1) is 18.3. The normalized spacial score (nSPS) is 16.5. The van der Waals surface area contributed by atoms with Crippen LogP contribution in [0.25, 0.3) is 0 Å². The van der Waals surface area contributed by atoms with Crippen molar-refractivity contribution in [1.29, 1.82) is 0 Å². The highest BCUT2D eigenvalue weighted by Gasteiger charge is 2.27. The molecule has 4 heteroatoms. The molecule has 0 radical (unpaired) electrons. The van der Waals surface area contributed by atoms with Crippen LogP contribution in [-0.4, -0.2) is 37.6 Å². The second-order valence-corrected chi connectivity index (χ2v) is 6.74. The van der Waals surface area contributed by atoms with Crippen LogP contribution in [0.15, 0.2) is 48.5 Å². The van der Waals surface area contributed by atoms with Gasteiger partial charge in [0.2, 0.25) is 0 Å². The van der Waals surface area contributed by atoms with E-state index in [0.717, 1.165) is 56.0 Å². The highest BCUT2D eigenvalue weighted by Crippen LogP contribution is 2.29. The van der Waals surface area contributed by atoms with Gasteiger partial charge in [-0.15, -0.1) is 0 Å². The molecule has 2 aromatic rings. The Bertz CT molecular complexity index is 709. The van der Waals surface area contributed by atoms with E-state index >= 15 is 0 Å². The molecule has 2 aromatic carbocycles. The summed E-state index contributed by atoms with van der Waals surface area (Å²) in [7, 11) is 1.67. The van der Waals surface area contributed by atoms with E-state index in [1.54, 1.807) is 7.11 Å². The standard InChI is InChI=1S/C22H27NO3/c1-3-4-15-26-21-11-7-18(8-12-21)22(24)23-14-13-19(16-23)17-5-9-20(25-2)10-6-17/h5-12,19H,3-4,13-16H2,1-2H3. The fourth-order valence-corrected chi connectivity index (χ4v) is 3.30. The minimum Gasteiger partial charge on any atom is -0.497 e. The molecule has 0 saturated carbocycles. The van der Waals surface area contributed by atoms with Crippen LogP contribution in [0.5, 0.6) is 11.5 Å². The Morgan fingerprint density at radius 1 is 1.08 bits per heavy atom. The van der Waals surface area contributed by atoms with Crippen molar-refractivity contribution in [3.8, 4) is 11.5 Å². The molecule has 0 aliphatic carbocycles. The van der Waals surface area contributed by atoms with E-state index in [0.29, 0.717) is 5.92 Å². The van der Waals surface area contributed by atoms with Crippen LogP contribution >= 0.6 is 0 Å². The van der Waals surface area contributed by atoms with Crippen molar-refractivity contribution < 1.29 is 14.3 Å². The van der Waals surface area contributed by atoms with Crippen LogP contribution in [0.3, 0.4) is 0 Å². The summed E-state index contributed by atoms with van der Waals surface area (Å²) in [5.41, 5.74) is 1.99. The SMILES string of the molecule is CCCCOc1ccc(C(=O)N2CCC(c3ccc(OC)cc3)C2)cc1. The van der Waals surface area contributed by atoms with Crippen LogP contribution in [0.2, 0.25) is 0 Å². The van der Waals surface area contributed by atoms with Crippen molar-refractivity contribution in [2.24, 2.45) is 0 Å². The number of ether oxygens (including phenoxy) is 2. The predicted molar refractivity (Wildman–Crippen MR) is 103 cm³/mol. The van der Waals surface area contributed by atoms with Gasteiger partial charge >= 0.3 is 0 Å². The van der Waals surface area contributed by atoms with Gasteiger partial charge in [-0.3, -0.25) is 4.79 Å². The number of hydrogen-bond acceptors (Lipinski definition) is 3. The molecule has 3 rings (SSSR count). The maximum absolute atomic E-state index is 12.8. The Morgan fingerprint density at radius 2 is 1.77 bits per heavy atom. The number of carbonyl (C=O) groups excluding carboxylic acids is 1. The number of nitrogens with zero attached hydrogens (tertiary/aromatic N) is 1. The van der Waals surface area contributed by atoms with Gasteiger partial charge < -0.3 is 14.4 Å². The van der Waals surface area contributed by atoms with Gasteiger partial charge in [-0.1, -0.05) is 25.5 Å². The molecular formula is C22H27NO3. The zero-order chi connectivity index (χ0) is 18.4. The van der Waals surface area contributed by atoms with Crippen molar-refractivity contribution in [2.45, 2.75) is 32.1 Å². The van der Waals surface area contributed by atoms with E-state index in [-0.39, 0.29) is 5.91 Å². The predicted octanol–water partition coefficient (Wildman–Crippen LogP) is 4.50. The third-order valence-electron chi connectivity index (χ3n) is 4.93. The zero-order valence-electron chi connectivity index (χ0n) is 15.6. The quantitative estimate of drug-likeness (QED) is 0.688. The Labute approximate surface area is 155 Å². The van der Waals surface area contributed by atoms with Crippen molar-refractivity contribution in [3.63, 3.8) is 0 Å². The fourth-order valence-electron chi connectivity index (χ4n) is 3.30. The van der Waals surface area contributed by atoms with E-state index in [1.165, 1.54) is 5.56 Å². The van der Waals surface area contributed by atoms with Crippen LogP contribution in [0, 0.1) is 0 Å². The topological polar surface area (TPSA) is 38.8 Å². The van der Waals surface area contributed by atoms with Gasteiger partial charge in [0.1, 0.15) is 11.5 Å². The van der Waals surface area contributed by atoms with Gasteiger partial charge in [-0.05, 0) is 54.8 Å². The van der Waals surface area contributed by atoms with Crippen LogP contribution in [0.4, 0.5) is 0 Å². The summed E-state index contributed by atoms with van der Waals surface area (Å²) in [5.74, 6) is 2.18. The molecule has 1 amide bonds. The van der Waals surface area contributed by atoms with Gasteiger partial charge in [-0.2, -0.15) is 0 Å². The first-order chi connectivity index (χ1) is 12.7. The van der Waals surface area contributed by atoms with Crippen molar-refractivity contribution in [2.75, 3.05) is 26.8 Å². The van der Waals surface area contributed by atoms with Gasteiger partial charge in [0, 0.05) is 24.6 Å². The number of carbonyl (C=O) groups is 1. The summed E-state index contributed by atoms with van der Waals surface area (Å²) < 4.78 is 10.9. The number of rotatable bonds is 7. The number of likely N-dealkylation sites (tertiary alicyclic amines) is 1. The lowest BCUT2D eigenvalue weighted by Gasteiger charge is -2.17. The molecule has 0 spiro atoms. The lowest BCUT2D eigenvalue weighted by atomic mass is 9.98. The number of hydrogen-bond donors (Lipinski definition) is 0. The Balaban J connectivity index is 1.58. The molecule has 1 unspecified atom stereocenters. The average molecular weight is 353 g/mol. The molecular weight excluding hydrogens is 326 g/mol. The van der Waals surface area contributed by atoms with Crippen LogP contribution in [-0.2, 0) is 0 Å². The highest BCUT2D eigenvalue weighted by atomic mass is 16.5. The van der Waals surface area contributed by atoms with Crippen molar-refractivity contribution in [3.05, 3.63) is 59.7 Å². The maximum atomic E-state index is 12.8. The van der Waals surface area contributed by atoms with E-state index in [4.69, 9.17) is 9.47 Å². The molecule has 1 saturated heterocycles. The third-order valence-corrected chi connectivity index (χ3v) is 4.93. The zero-order valence-corrected chi connectivity index (χ0v) is 15.6. The van der Waals surface area contributed by atoms with Crippen LogP contribution in [0.1, 0.15) is 48.0 Å². The molecule has 4 nitrogen and oxygen atoms in total. The van der Waals surface area contributed by atoms with Crippen molar-refractivity contribution in [1.82, 2.24) is 4.90 Å². The second kappa shape index (κ2) is 8.75. The molecule has 1 atom stereocenters. The van der Waals surface area contributed by atoms with Crippen molar-refractivity contribution >= 4 is 5.91 Å². The largest absolute Gasteiger partial charge is 0.497 e. The van der Waals surface area contributed by atoms with Gasteiger partial charge in [0.05, 0.1) is 13.7 Å². The average Bonchev–Trinajstić information content (AvgIpc) is 3.18. The summed E-state index contributed by atoms with van der Waals surface area (Å²) in [6.45, 7) is 4.42. The molecule has 1 fully saturated rings. The molecule has 0 N–H and O–H groups in total. The first-order valence-corrected chi connectivity index (χ1v) is 9.37. The molecule has 1 aliphatic rings. The molecule has 26 heavy (non-hydrogen) atoms. The summed E-state index contributed by atoms with van der Waals surface area (Å²) in [6.07, 6.45) is 3.15. The highest BCUT2D eigenvalue weighted by molar-refractivity contribution is 5.94. The Kier molecular flexibility index (Phi) is 6.16. The summed E-state index contributed by atoms with van der Waals surface area (Å²) >= 11 is 0. The maximum Gasteiger partial charge on any atom is 0.253 e. The molecule has 1 heterocycles. The molecule has 0 aromatic heterocycles. The summed E-state index contributed by atoms with van der Waals surface area (Å²) in [6, 6.07) is 15.7. The minimum atomic E-state index is 0.0983. The third kappa shape index (κ3) is 4.37. The van der Waals surface area contributed by atoms with Crippen LogP contribution < -0.4 is 9.47 Å². The van der Waals surface area contributed by atoms with Gasteiger partial charge in [0.15, 0.2) is 0 Å². The lowest BCUT2D eigenvalue weighted by molar-refractivity contribution is 0.0790. The fraction of sp³-hybridized carbons (Fsp3) is 0.409. The van der Waals surface area contributed by atoms with E-state index in [2.05, 4.69) is 19.1 Å². The van der Waals surface area contributed by atoms with Gasteiger partial charge in [0.25, 0.3) is 5.91 Å². The van der Waals surface area contributed by atoms with Gasteiger partial charge in [-0.25, -0.2) is 0 Å².